The molecular weight excluding hydrogens is 206 g/mol. The van der Waals surface area contributed by atoms with Gasteiger partial charge in [0.15, 0.2) is 0 Å². The number of hydrogen-bond acceptors (Lipinski definition) is 0. The zero-order valence-corrected chi connectivity index (χ0v) is 11.7. The smallest absolute Gasteiger partial charge is 0.229 e. The average Bonchev–Trinajstić information content (AvgIpc) is 2.43. The van der Waals surface area contributed by atoms with Crippen molar-refractivity contribution < 1.29 is 0 Å². The van der Waals surface area contributed by atoms with Gasteiger partial charge in [0.2, 0.25) is 6.04 Å². The molecule has 0 heterocycles. The first-order chi connectivity index (χ1) is 7.89. The lowest BCUT2D eigenvalue weighted by molar-refractivity contribution is -0.0497. The van der Waals surface area contributed by atoms with Crippen LogP contribution in [0.2, 0.25) is 0 Å². The number of hydrogen-bond donors (Lipinski definition) is 0. The van der Waals surface area contributed by atoms with Gasteiger partial charge in [0, 0.05) is 11.8 Å². The number of rotatable bonds is 1. The first kappa shape index (κ1) is 11.6. The van der Waals surface area contributed by atoms with Crippen LogP contribution in [0.1, 0.15) is 53.4 Å². The molecule has 4 aliphatic carbocycles. The van der Waals surface area contributed by atoms with Gasteiger partial charge in [0.05, 0.1) is 0 Å². The predicted octanol–water partition coefficient (Wildman–Crippen LogP) is 4.39. The maximum atomic E-state index is 7.45. The Labute approximate surface area is 106 Å². The maximum absolute atomic E-state index is 7.45. The Hall–Kier alpha value is -0.510. The van der Waals surface area contributed by atoms with E-state index in [-0.39, 0.29) is 0 Å². The molecule has 0 radical (unpaired) electrons. The molecule has 0 aromatic carbocycles. The quantitative estimate of drug-likeness (QED) is 0.589. The van der Waals surface area contributed by atoms with E-state index in [0.29, 0.717) is 16.9 Å². The summed E-state index contributed by atoms with van der Waals surface area (Å²) in [6.07, 6.45) is 5.28. The van der Waals surface area contributed by atoms with Gasteiger partial charge in [-0.15, -0.1) is 0 Å². The summed E-state index contributed by atoms with van der Waals surface area (Å²) in [5, 5.41) is 0. The van der Waals surface area contributed by atoms with E-state index in [9.17, 15) is 0 Å². The Morgan fingerprint density at radius 3 is 2.41 bits per heavy atom. The highest BCUT2D eigenvalue weighted by Crippen LogP contribution is 2.70. The topological polar surface area (TPSA) is 4.36 Å². The van der Waals surface area contributed by atoms with Crippen molar-refractivity contribution in [3.8, 4) is 0 Å². The molecule has 6 atom stereocenters. The molecule has 4 rings (SSSR count). The molecule has 0 aromatic heterocycles. The largest absolute Gasteiger partial charge is 0.313 e. The monoisotopic (exact) mass is 231 g/mol. The van der Waals surface area contributed by atoms with E-state index in [0.717, 1.165) is 23.7 Å². The Morgan fingerprint density at radius 2 is 1.88 bits per heavy atom. The van der Waals surface area contributed by atoms with Gasteiger partial charge in [-0.2, -0.15) is 0 Å². The fraction of sp³-hybridized carbons (Fsp3) is 0.938. The summed E-state index contributed by atoms with van der Waals surface area (Å²) < 4.78 is 0. The van der Waals surface area contributed by atoms with Crippen molar-refractivity contribution in [1.29, 1.82) is 0 Å². The molecular formula is C16H25N. The first-order valence-electron chi connectivity index (χ1n) is 7.26. The van der Waals surface area contributed by atoms with Gasteiger partial charge in [-0.25, -0.2) is 6.57 Å². The summed E-state index contributed by atoms with van der Waals surface area (Å²) in [7, 11) is 0. The van der Waals surface area contributed by atoms with E-state index >= 15 is 0 Å². The summed E-state index contributed by atoms with van der Waals surface area (Å²) in [6, 6.07) is 0.322. The molecule has 0 amide bonds. The minimum atomic E-state index is 0.322. The lowest BCUT2D eigenvalue weighted by atomic mass is 9.49. The second-order valence-corrected chi connectivity index (χ2v) is 7.95. The molecule has 4 fully saturated rings. The van der Waals surface area contributed by atoms with Gasteiger partial charge >= 0.3 is 0 Å². The standard InChI is InChI=1S/C16H25N/c1-10(2)11-7-15(3)9-16(4)8-12(11)13(15)6-14(16)17-5/h10-14H,6-9H2,1-4H3/t11-,12?,13?,14?,15+,16-/m1/s1. The molecule has 4 saturated carbocycles. The lowest BCUT2D eigenvalue weighted by Crippen LogP contribution is -2.52. The van der Waals surface area contributed by atoms with Crippen LogP contribution in [-0.4, -0.2) is 6.04 Å². The predicted molar refractivity (Wildman–Crippen MR) is 70.4 cm³/mol. The Kier molecular flexibility index (Phi) is 2.23. The van der Waals surface area contributed by atoms with Crippen LogP contribution in [-0.2, 0) is 0 Å². The minimum Gasteiger partial charge on any atom is -0.313 e. The summed E-state index contributed by atoms with van der Waals surface area (Å²) in [4.78, 5) is 3.95. The normalized spacial score (nSPS) is 56.2. The van der Waals surface area contributed by atoms with Crippen LogP contribution >= 0.6 is 0 Å². The highest BCUT2D eigenvalue weighted by molar-refractivity contribution is 5.17. The molecule has 4 bridgehead atoms. The van der Waals surface area contributed by atoms with Gasteiger partial charge in [-0.05, 0) is 48.3 Å². The molecule has 3 unspecified atom stereocenters. The summed E-state index contributed by atoms with van der Waals surface area (Å²) in [5.41, 5.74) is 0.896. The fourth-order valence-corrected chi connectivity index (χ4v) is 5.86. The Bertz CT molecular complexity index is 379. The van der Waals surface area contributed by atoms with Crippen molar-refractivity contribution in [1.82, 2.24) is 0 Å². The molecule has 0 saturated heterocycles. The molecule has 4 aliphatic rings. The third-order valence-corrected chi connectivity index (χ3v) is 6.47. The van der Waals surface area contributed by atoms with Crippen LogP contribution in [0.5, 0.6) is 0 Å². The Morgan fingerprint density at radius 1 is 1.18 bits per heavy atom. The molecule has 0 N–H and O–H groups in total. The summed E-state index contributed by atoms with van der Waals surface area (Å²) >= 11 is 0. The van der Waals surface area contributed by atoms with E-state index in [1.165, 1.54) is 25.7 Å². The van der Waals surface area contributed by atoms with Crippen molar-refractivity contribution in [2.24, 2.45) is 34.5 Å². The highest BCUT2D eigenvalue weighted by Gasteiger charge is 2.66. The molecule has 0 aromatic rings. The minimum absolute atomic E-state index is 0.322. The van der Waals surface area contributed by atoms with Crippen molar-refractivity contribution in [2.45, 2.75) is 59.4 Å². The fourth-order valence-electron chi connectivity index (χ4n) is 5.86. The van der Waals surface area contributed by atoms with Gasteiger partial charge in [0.25, 0.3) is 0 Å². The van der Waals surface area contributed by atoms with Crippen LogP contribution in [0.4, 0.5) is 0 Å². The van der Waals surface area contributed by atoms with Crippen LogP contribution in [0.25, 0.3) is 4.85 Å². The van der Waals surface area contributed by atoms with Crippen LogP contribution in [0, 0.1) is 41.1 Å². The molecule has 1 nitrogen and oxygen atoms in total. The van der Waals surface area contributed by atoms with E-state index in [1.54, 1.807) is 0 Å². The van der Waals surface area contributed by atoms with Crippen LogP contribution in [0.15, 0.2) is 0 Å². The van der Waals surface area contributed by atoms with E-state index in [2.05, 4.69) is 32.5 Å². The summed E-state index contributed by atoms with van der Waals surface area (Å²) in [5.74, 6) is 3.54. The van der Waals surface area contributed by atoms with Gasteiger partial charge in [0.1, 0.15) is 0 Å². The number of fused-ring (bicyclic) bond motifs is 1. The highest BCUT2D eigenvalue weighted by atomic mass is 14.8. The van der Waals surface area contributed by atoms with Crippen LogP contribution in [0.3, 0.4) is 0 Å². The maximum Gasteiger partial charge on any atom is 0.229 e. The zero-order chi connectivity index (χ0) is 12.4. The van der Waals surface area contributed by atoms with Gasteiger partial charge in [-0.1, -0.05) is 27.7 Å². The summed E-state index contributed by atoms with van der Waals surface area (Å²) in [6.45, 7) is 17.2. The van der Waals surface area contributed by atoms with E-state index < -0.39 is 0 Å². The third kappa shape index (κ3) is 1.36. The molecule has 17 heavy (non-hydrogen) atoms. The van der Waals surface area contributed by atoms with Crippen molar-refractivity contribution in [3.63, 3.8) is 0 Å². The zero-order valence-electron chi connectivity index (χ0n) is 11.7. The SMILES string of the molecule is [C-]#[N+]C1CC2C3C[C@]1(C)C[C@]2(C)C[C@@H]3C(C)C. The van der Waals surface area contributed by atoms with Gasteiger partial charge in [-0.3, -0.25) is 0 Å². The van der Waals surface area contributed by atoms with Gasteiger partial charge < -0.3 is 4.85 Å². The van der Waals surface area contributed by atoms with Crippen molar-refractivity contribution in [2.75, 3.05) is 0 Å². The van der Waals surface area contributed by atoms with E-state index in [1.807, 2.05) is 0 Å². The second kappa shape index (κ2) is 3.28. The molecule has 1 heteroatoms. The second-order valence-electron chi connectivity index (χ2n) is 7.95. The van der Waals surface area contributed by atoms with E-state index in [4.69, 9.17) is 6.57 Å². The molecule has 0 aliphatic heterocycles. The lowest BCUT2D eigenvalue weighted by Gasteiger charge is -2.54. The van der Waals surface area contributed by atoms with Crippen molar-refractivity contribution in [3.05, 3.63) is 11.4 Å². The van der Waals surface area contributed by atoms with Crippen molar-refractivity contribution >= 4 is 0 Å². The van der Waals surface area contributed by atoms with Crippen LogP contribution < -0.4 is 0 Å². The number of nitrogens with zero attached hydrogens (tertiary/aromatic N) is 1. The first-order valence-corrected chi connectivity index (χ1v) is 7.26. The molecule has 94 valence electrons. The third-order valence-electron chi connectivity index (χ3n) is 6.47. The average molecular weight is 231 g/mol. The molecule has 0 spiro atoms. The Balaban J connectivity index is 1.98.